The zero-order valence-electron chi connectivity index (χ0n) is 15.2. The molecule has 0 aromatic heterocycles. The van der Waals surface area contributed by atoms with E-state index in [0.717, 1.165) is 12.8 Å². The number of hydrogen-bond donors (Lipinski definition) is 0. The Morgan fingerprint density at radius 2 is 1.91 bits per heavy atom. The van der Waals surface area contributed by atoms with Crippen LogP contribution in [0.4, 0.5) is 0 Å². The number of rotatable bonds is 3. The molecule has 0 saturated carbocycles. The van der Waals surface area contributed by atoms with Crippen molar-refractivity contribution in [2.75, 3.05) is 0 Å². The average Bonchev–Trinajstić information content (AvgIpc) is 2.52. The molecule has 1 aromatic carbocycles. The Morgan fingerprint density at radius 3 is 2.57 bits per heavy atom. The second kappa shape index (κ2) is 6.28. The molecule has 0 unspecified atom stereocenters. The zero-order valence-corrected chi connectivity index (χ0v) is 15.2. The third-order valence-electron chi connectivity index (χ3n) is 5.79. The van der Waals surface area contributed by atoms with E-state index in [0.29, 0.717) is 11.8 Å². The molecule has 1 aliphatic heterocycles. The Balaban J connectivity index is 1.94. The van der Waals surface area contributed by atoms with Crippen molar-refractivity contribution in [1.82, 2.24) is 0 Å². The molecule has 0 amide bonds. The SMILES string of the molecule is CC(C)=CC[C@]1(C)O[C@H](c2ccc(C)cc2)[C@H]2C[C@H]1CC=C2C. The van der Waals surface area contributed by atoms with Gasteiger partial charge in [-0.2, -0.15) is 0 Å². The summed E-state index contributed by atoms with van der Waals surface area (Å²) in [6.07, 6.45) is 8.44. The Morgan fingerprint density at radius 1 is 1.22 bits per heavy atom. The summed E-state index contributed by atoms with van der Waals surface area (Å²) in [7, 11) is 0. The maximum Gasteiger partial charge on any atom is 0.0897 e. The lowest BCUT2D eigenvalue weighted by Crippen LogP contribution is -2.47. The highest BCUT2D eigenvalue weighted by molar-refractivity contribution is 5.28. The van der Waals surface area contributed by atoms with Crippen molar-refractivity contribution in [2.24, 2.45) is 11.8 Å². The number of ether oxygens (including phenoxy) is 1. The van der Waals surface area contributed by atoms with Gasteiger partial charge in [0.2, 0.25) is 0 Å². The van der Waals surface area contributed by atoms with E-state index < -0.39 is 0 Å². The molecule has 0 spiro atoms. The molecule has 124 valence electrons. The number of aryl methyl sites for hydroxylation is 1. The second-order valence-corrected chi connectivity index (χ2v) is 7.97. The maximum atomic E-state index is 6.80. The molecule has 0 radical (unpaired) electrons. The van der Waals surface area contributed by atoms with E-state index in [2.05, 4.69) is 71.0 Å². The van der Waals surface area contributed by atoms with Crippen molar-refractivity contribution in [3.8, 4) is 0 Å². The summed E-state index contributed by atoms with van der Waals surface area (Å²) in [6, 6.07) is 8.92. The van der Waals surface area contributed by atoms with Crippen LogP contribution in [0.1, 0.15) is 64.2 Å². The molecular weight excluding hydrogens is 280 g/mol. The van der Waals surface area contributed by atoms with Crippen LogP contribution in [0.15, 0.2) is 47.6 Å². The lowest BCUT2D eigenvalue weighted by Gasteiger charge is -2.51. The molecule has 1 fully saturated rings. The molecule has 1 nitrogen and oxygen atoms in total. The maximum absolute atomic E-state index is 6.80. The fraction of sp³-hybridized carbons (Fsp3) is 0.545. The predicted octanol–water partition coefficient (Wildman–Crippen LogP) is 6.15. The summed E-state index contributed by atoms with van der Waals surface area (Å²) in [5, 5.41) is 0. The quantitative estimate of drug-likeness (QED) is 0.608. The van der Waals surface area contributed by atoms with Crippen molar-refractivity contribution >= 4 is 0 Å². The van der Waals surface area contributed by atoms with Crippen molar-refractivity contribution < 1.29 is 4.74 Å². The van der Waals surface area contributed by atoms with Crippen LogP contribution >= 0.6 is 0 Å². The van der Waals surface area contributed by atoms with Crippen molar-refractivity contribution in [2.45, 2.75) is 65.6 Å². The van der Waals surface area contributed by atoms with Crippen LogP contribution in [0.2, 0.25) is 0 Å². The van der Waals surface area contributed by atoms with E-state index in [1.54, 1.807) is 0 Å². The minimum atomic E-state index is -0.0550. The number of fused-ring (bicyclic) bond motifs is 2. The van der Waals surface area contributed by atoms with E-state index in [-0.39, 0.29) is 11.7 Å². The number of benzene rings is 1. The van der Waals surface area contributed by atoms with E-state index in [1.807, 2.05) is 0 Å². The molecule has 1 saturated heterocycles. The molecule has 4 atom stereocenters. The normalized spacial score (nSPS) is 33.1. The van der Waals surface area contributed by atoms with Crippen LogP contribution < -0.4 is 0 Å². The first-order valence-electron chi connectivity index (χ1n) is 8.93. The van der Waals surface area contributed by atoms with Gasteiger partial charge in [-0.25, -0.2) is 0 Å². The van der Waals surface area contributed by atoms with Crippen molar-refractivity contribution in [3.63, 3.8) is 0 Å². The Bertz CT molecular complexity index is 618. The summed E-state index contributed by atoms with van der Waals surface area (Å²) in [4.78, 5) is 0. The first-order valence-corrected chi connectivity index (χ1v) is 8.93. The average molecular weight is 310 g/mol. The van der Waals surface area contributed by atoms with E-state index >= 15 is 0 Å². The highest BCUT2D eigenvalue weighted by Crippen LogP contribution is 2.52. The lowest BCUT2D eigenvalue weighted by atomic mass is 9.67. The number of hydrogen-bond acceptors (Lipinski definition) is 1. The largest absolute Gasteiger partial charge is 0.366 e. The van der Waals surface area contributed by atoms with Crippen molar-refractivity contribution in [1.29, 1.82) is 0 Å². The smallest absolute Gasteiger partial charge is 0.0897 e. The van der Waals surface area contributed by atoms with Crippen LogP contribution in [0.3, 0.4) is 0 Å². The molecule has 1 aromatic rings. The van der Waals surface area contributed by atoms with Gasteiger partial charge >= 0.3 is 0 Å². The van der Waals surface area contributed by atoms with E-state index in [1.165, 1.54) is 28.7 Å². The van der Waals surface area contributed by atoms with Gasteiger partial charge in [-0.1, -0.05) is 53.1 Å². The van der Waals surface area contributed by atoms with Gasteiger partial charge in [0, 0.05) is 5.92 Å². The van der Waals surface area contributed by atoms with Crippen LogP contribution in [0.25, 0.3) is 0 Å². The Hall–Kier alpha value is -1.34. The summed E-state index contributed by atoms with van der Waals surface area (Å²) in [6.45, 7) is 11.1. The fourth-order valence-corrected chi connectivity index (χ4v) is 4.08. The first-order chi connectivity index (χ1) is 10.9. The third kappa shape index (κ3) is 3.30. The highest BCUT2D eigenvalue weighted by Gasteiger charge is 2.47. The van der Waals surface area contributed by atoms with Gasteiger partial charge in [-0.15, -0.1) is 0 Å². The van der Waals surface area contributed by atoms with Gasteiger partial charge < -0.3 is 4.74 Å². The lowest BCUT2D eigenvalue weighted by molar-refractivity contribution is -0.175. The van der Waals surface area contributed by atoms with E-state index in [4.69, 9.17) is 4.74 Å². The minimum absolute atomic E-state index is 0.0550. The third-order valence-corrected chi connectivity index (χ3v) is 5.79. The zero-order chi connectivity index (χ0) is 16.6. The standard InChI is InChI=1S/C22H30O/c1-15(2)12-13-22(5)19-11-8-17(4)20(14-19)21(23-22)18-9-6-16(3)7-10-18/h6-10,12,19-21H,11,13-14H2,1-5H3/t19-,20+,21-,22+/m1/s1. The van der Waals surface area contributed by atoms with E-state index in [9.17, 15) is 0 Å². The number of allylic oxidation sites excluding steroid dienone is 2. The molecule has 0 N–H and O–H groups in total. The van der Waals surface area contributed by atoms with Gasteiger partial charge in [-0.3, -0.25) is 0 Å². The molecule has 3 rings (SSSR count). The monoisotopic (exact) mass is 310 g/mol. The van der Waals surface area contributed by atoms with Crippen LogP contribution in [-0.2, 0) is 4.74 Å². The van der Waals surface area contributed by atoms with Gasteiger partial charge in [0.05, 0.1) is 11.7 Å². The summed E-state index contributed by atoms with van der Waals surface area (Å²) >= 11 is 0. The summed E-state index contributed by atoms with van der Waals surface area (Å²) in [5.41, 5.74) is 5.48. The second-order valence-electron chi connectivity index (χ2n) is 7.97. The van der Waals surface area contributed by atoms with Gasteiger partial charge in [0.25, 0.3) is 0 Å². The Kier molecular flexibility index (Phi) is 4.51. The molecule has 23 heavy (non-hydrogen) atoms. The molecule has 2 aliphatic rings. The topological polar surface area (TPSA) is 9.23 Å². The summed E-state index contributed by atoms with van der Waals surface area (Å²) in [5.74, 6) is 1.17. The molecule has 1 heteroatoms. The predicted molar refractivity (Wildman–Crippen MR) is 97.4 cm³/mol. The van der Waals surface area contributed by atoms with Gasteiger partial charge in [-0.05, 0) is 65.4 Å². The van der Waals surface area contributed by atoms with Crippen LogP contribution in [0, 0.1) is 18.8 Å². The van der Waals surface area contributed by atoms with Crippen LogP contribution in [0.5, 0.6) is 0 Å². The molecule has 1 heterocycles. The van der Waals surface area contributed by atoms with Crippen LogP contribution in [-0.4, -0.2) is 5.60 Å². The molecule has 2 bridgehead atoms. The van der Waals surface area contributed by atoms with Crippen molar-refractivity contribution in [3.05, 3.63) is 58.7 Å². The first kappa shape index (κ1) is 16.5. The molecular formula is C22H30O. The van der Waals surface area contributed by atoms with Gasteiger partial charge in [0.15, 0.2) is 0 Å². The highest BCUT2D eigenvalue weighted by atomic mass is 16.5. The minimum Gasteiger partial charge on any atom is -0.366 e. The molecule has 1 aliphatic carbocycles. The van der Waals surface area contributed by atoms with Gasteiger partial charge in [0.1, 0.15) is 0 Å². The Labute approximate surface area is 141 Å². The summed E-state index contributed by atoms with van der Waals surface area (Å²) < 4.78 is 6.80. The fourth-order valence-electron chi connectivity index (χ4n) is 4.08.